The third-order valence-electron chi connectivity index (χ3n) is 9.17. The van der Waals surface area contributed by atoms with Crippen molar-refractivity contribution in [3.05, 3.63) is 132 Å². The number of hydrogen-bond acceptors (Lipinski definition) is 15. The summed E-state index contributed by atoms with van der Waals surface area (Å²) in [7, 11) is 7.25. The number of ether oxygens (including phenoxy) is 5. The maximum absolute atomic E-state index is 12.8. The molecule has 2 amide bonds. The summed E-state index contributed by atoms with van der Waals surface area (Å²) < 4.78 is 37.1. The molecule has 18 heteroatoms. The molecule has 0 unspecified atom stereocenters. The van der Waals surface area contributed by atoms with Crippen LogP contribution in [-0.2, 0) is 4.74 Å². The second-order valence-electron chi connectivity index (χ2n) is 13.1. The number of anilines is 2. The maximum Gasteiger partial charge on any atom is 0.337 e. The summed E-state index contributed by atoms with van der Waals surface area (Å²) in [5, 5.41) is 15.0. The number of fused-ring (bicyclic) bond motifs is 2. The first-order valence-corrected chi connectivity index (χ1v) is 18.6. The van der Waals surface area contributed by atoms with Crippen molar-refractivity contribution in [2.75, 3.05) is 46.2 Å². The number of benzene rings is 4. The molecule has 8 rings (SSSR count). The number of oxazole rings is 2. The van der Waals surface area contributed by atoms with Crippen LogP contribution in [0.2, 0.25) is 0 Å². The van der Waals surface area contributed by atoms with Crippen LogP contribution in [0.5, 0.6) is 23.0 Å². The first-order chi connectivity index (χ1) is 30.5. The Hall–Kier alpha value is -8.80. The van der Waals surface area contributed by atoms with E-state index in [1.807, 2.05) is 0 Å². The number of nitrogens with zero attached hydrogens (tertiary/aromatic N) is 4. The van der Waals surface area contributed by atoms with Crippen LogP contribution in [-0.4, -0.2) is 84.3 Å². The maximum atomic E-state index is 12.8. The van der Waals surface area contributed by atoms with E-state index in [2.05, 4.69) is 30.6 Å². The van der Waals surface area contributed by atoms with Gasteiger partial charge >= 0.3 is 11.9 Å². The van der Waals surface area contributed by atoms with E-state index in [0.29, 0.717) is 73.4 Å². The van der Waals surface area contributed by atoms with E-state index in [0.717, 1.165) is 0 Å². The summed E-state index contributed by atoms with van der Waals surface area (Å²) in [6.07, 6.45) is 3.19. The number of nitrogens with one attached hydrogen (secondary N) is 2. The lowest BCUT2D eigenvalue weighted by molar-refractivity contribution is 0.0599. The summed E-state index contributed by atoms with van der Waals surface area (Å²) in [4.78, 5) is 66.3. The predicted octanol–water partition coefficient (Wildman–Crippen LogP) is 7.80. The quantitative estimate of drug-likeness (QED) is 0.0994. The zero-order valence-electron chi connectivity index (χ0n) is 34.1. The number of carbonyl (C=O) groups excluding carboxylic acids is 3. The Bertz CT molecular complexity index is 2950. The van der Waals surface area contributed by atoms with Crippen LogP contribution in [0.3, 0.4) is 0 Å². The fourth-order valence-electron chi connectivity index (χ4n) is 6.15. The Balaban J connectivity index is 0.000000189. The van der Waals surface area contributed by atoms with Crippen molar-refractivity contribution >= 4 is 57.6 Å². The third kappa shape index (κ3) is 9.49. The zero-order valence-corrected chi connectivity index (χ0v) is 34.1. The minimum absolute atomic E-state index is 0.0321. The molecule has 0 saturated carbocycles. The number of esters is 1. The SMILES string of the molecule is COC(=O)c1cc(NC(=O)c2ccc(OC)c(OC)c2)cc(-c2nc3ncccc3o2)c1.COc1ccc(C(=O)Nc2cc(C(=O)O)cc(-c3nc4ncccc4o3)c2)cc1OC. The number of hydrogen-bond donors (Lipinski definition) is 3. The fourth-order valence-corrected chi connectivity index (χ4v) is 6.15. The number of amides is 2. The molecule has 318 valence electrons. The van der Waals surface area contributed by atoms with Gasteiger partial charge in [-0.05, 0) is 97.1 Å². The molecule has 3 N–H and O–H groups in total. The molecule has 0 aliphatic heterocycles. The Kier molecular flexibility index (Phi) is 12.5. The molecule has 63 heavy (non-hydrogen) atoms. The number of carboxylic acids is 1. The molecule has 0 spiro atoms. The highest BCUT2D eigenvalue weighted by atomic mass is 16.5. The molecule has 0 aliphatic carbocycles. The lowest BCUT2D eigenvalue weighted by Gasteiger charge is -2.11. The minimum atomic E-state index is -1.15. The van der Waals surface area contributed by atoms with Crippen LogP contribution in [0.15, 0.2) is 118 Å². The second kappa shape index (κ2) is 18.6. The predicted molar refractivity (Wildman–Crippen MR) is 228 cm³/mol. The van der Waals surface area contributed by atoms with Crippen LogP contribution in [0.25, 0.3) is 45.4 Å². The number of pyridine rings is 2. The Labute approximate surface area is 357 Å². The van der Waals surface area contributed by atoms with Gasteiger partial charge in [-0.3, -0.25) is 9.59 Å². The number of rotatable bonds is 12. The van der Waals surface area contributed by atoms with E-state index in [1.165, 1.54) is 59.8 Å². The molecule has 4 aromatic heterocycles. The largest absolute Gasteiger partial charge is 0.493 e. The van der Waals surface area contributed by atoms with Crippen molar-refractivity contribution in [1.82, 2.24) is 19.9 Å². The summed E-state index contributed by atoms with van der Waals surface area (Å²) in [5.74, 6) is -0.323. The normalized spacial score (nSPS) is 10.6. The van der Waals surface area contributed by atoms with Gasteiger partial charge in [-0.15, -0.1) is 0 Å². The lowest BCUT2D eigenvalue weighted by atomic mass is 10.1. The van der Waals surface area contributed by atoms with Crippen molar-refractivity contribution in [2.24, 2.45) is 0 Å². The molecule has 18 nitrogen and oxygen atoms in total. The summed E-state index contributed by atoms with van der Waals surface area (Å²) in [6, 6.07) is 25.5. The molecule has 4 heterocycles. The van der Waals surface area contributed by atoms with E-state index in [4.69, 9.17) is 32.5 Å². The van der Waals surface area contributed by atoms with Gasteiger partial charge in [-0.1, -0.05) is 0 Å². The summed E-state index contributed by atoms with van der Waals surface area (Å²) in [6.45, 7) is 0. The summed E-state index contributed by atoms with van der Waals surface area (Å²) >= 11 is 0. The topological polar surface area (TPSA) is 237 Å². The lowest BCUT2D eigenvalue weighted by Crippen LogP contribution is -2.13. The van der Waals surface area contributed by atoms with Gasteiger partial charge < -0.3 is 48.3 Å². The van der Waals surface area contributed by atoms with Gasteiger partial charge in [0.25, 0.3) is 11.8 Å². The second-order valence-corrected chi connectivity index (χ2v) is 13.1. The number of carboxylic acid groups (broad SMARTS) is 1. The first-order valence-electron chi connectivity index (χ1n) is 18.6. The number of aromatic nitrogens is 4. The van der Waals surface area contributed by atoms with E-state index < -0.39 is 23.8 Å². The molecular formula is C45H36N6O12. The van der Waals surface area contributed by atoms with Gasteiger partial charge in [-0.2, -0.15) is 9.97 Å². The smallest absolute Gasteiger partial charge is 0.337 e. The van der Waals surface area contributed by atoms with Crippen molar-refractivity contribution in [3.63, 3.8) is 0 Å². The Morgan fingerprint density at radius 1 is 0.524 bits per heavy atom. The Morgan fingerprint density at radius 2 is 0.968 bits per heavy atom. The van der Waals surface area contributed by atoms with Crippen molar-refractivity contribution in [3.8, 4) is 45.9 Å². The van der Waals surface area contributed by atoms with E-state index in [9.17, 15) is 24.3 Å². The minimum Gasteiger partial charge on any atom is -0.493 e. The molecule has 0 fully saturated rings. The molecule has 0 radical (unpaired) electrons. The molecule has 0 aliphatic rings. The van der Waals surface area contributed by atoms with Crippen LogP contribution in [0.4, 0.5) is 11.4 Å². The highest BCUT2D eigenvalue weighted by molar-refractivity contribution is 6.06. The average Bonchev–Trinajstić information content (AvgIpc) is 3.96. The van der Waals surface area contributed by atoms with Crippen LogP contribution >= 0.6 is 0 Å². The van der Waals surface area contributed by atoms with Crippen molar-refractivity contribution in [2.45, 2.75) is 0 Å². The first kappa shape index (κ1) is 42.3. The summed E-state index contributed by atoms with van der Waals surface area (Å²) in [5.41, 5.74) is 4.15. The van der Waals surface area contributed by atoms with Gasteiger partial charge in [0, 0.05) is 46.0 Å². The van der Waals surface area contributed by atoms with E-state index in [1.54, 1.807) is 85.2 Å². The van der Waals surface area contributed by atoms with Gasteiger partial charge in [0.2, 0.25) is 11.8 Å². The molecule has 0 saturated heterocycles. The number of methoxy groups -OCH3 is 5. The molecule has 0 bridgehead atoms. The number of aromatic carboxylic acids is 1. The number of carbonyl (C=O) groups is 4. The van der Waals surface area contributed by atoms with Crippen LogP contribution in [0, 0.1) is 0 Å². The zero-order chi connectivity index (χ0) is 44.6. The van der Waals surface area contributed by atoms with Crippen molar-refractivity contribution < 1.29 is 56.8 Å². The van der Waals surface area contributed by atoms with E-state index in [-0.39, 0.29) is 28.6 Å². The highest BCUT2D eigenvalue weighted by Gasteiger charge is 2.19. The highest BCUT2D eigenvalue weighted by Crippen LogP contribution is 2.32. The van der Waals surface area contributed by atoms with Gasteiger partial charge in [-0.25, -0.2) is 19.6 Å². The van der Waals surface area contributed by atoms with Crippen LogP contribution < -0.4 is 29.6 Å². The third-order valence-corrected chi connectivity index (χ3v) is 9.17. The molecule has 4 aromatic carbocycles. The van der Waals surface area contributed by atoms with Crippen molar-refractivity contribution in [1.29, 1.82) is 0 Å². The van der Waals surface area contributed by atoms with Gasteiger partial charge in [0.15, 0.2) is 45.5 Å². The van der Waals surface area contributed by atoms with Crippen LogP contribution in [0.1, 0.15) is 41.4 Å². The average molecular weight is 853 g/mol. The monoisotopic (exact) mass is 852 g/mol. The molecular weight excluding hydrogens is 817 g/mol. The van der Waals surface area contributed by atoms with Gasteiger partial charge in [0.1, 0.15) is 0 Å². The standard InChI is InChI=1S/C23H19N3O6.C22H17N3O6/c1-29-17-7-6-13(12-19(17)30-2)21(27)25-16-10-14(9-15(11-16)23(28)31-3)22-26-20-18(32-22)5-4-8-24-20;1-29-16-6-5-12(11-18(16)30-2)20(26)24-15-9-13(8-14(10-15)22(27)28)21-25-19-17(31-21)4-3-7-23-19/h4-12H,1-3H3,(H,25,27);3-11H,1-2H3,(H,24,26)(H,27,28). The molecule has 0 atom stereocenters. The fraction of sp³-hybridized carbons (Fsp3) is 0.111. The molecule has 8 aromatic rings. The van der Waals surface area contributed by atoms with Gasteiger partial charge in [0.05, 0.1) is 46.7 Å². The van der Waals surface area contributed by atoms with E-state index >= 15 is 0 Å². The Morgan fingerprint density at radius 3 is 1.38 bits per heavy atom.